The first-order valence-corrected chi connectivity index (χ1v) is 8.81. The molecule has 6 heteroatoms. The summed E-state index contributed by atoms with van der Waals surface area (Å²) in [5.41, 5.74) is 0. The predicted molar refractivity (Wildman–Crippen MR) is 84.4 cm³/mol. The second-order valence-corrected chi connectivity index (χ2v) is 6.81. The molecule has 4 atom stereocenters. The summed E-state index contributed by atoms with van der Waals surface area (Å²) in [5.74, 6) is 0.199. The van der Waals surface area contributed by atoms with E-state index in [-0.39, 0.29) is 36.0 Å². The fourth-order valence-electron chi connectivity index (χ4n) is 3.86. The molecule has 0 bridgehead atoms. The van der Waals surface area contributed by atoms with Gasteiger partial charge in [-0.3, -0.25) is 9.59 Å². The van der Waals surface area contributed by atoms with Crippen LogP contribution < -0.4 is 21.3 Å². The van der Waals surface area contributed by atoms with Crippen LogP contribution in [-0.2, 0) is 9.59 Å². The maximum Gasteiger partial charge on any atom is 0.237 e. The van der Waals surface area contributed by atoms with Crippen LogP contribution in [-0.4, -0.2) is 49.1 Å². The Morgan fingerprint density at radius 3 is 1.50 bits per heavy atom. The number of amides is 2. The number of nitrogens with one attached hydrogen (secondary N) is 4. The van der Waals surface area contributed by atoms with Crippen molar-refractivity contribution in [2.24, 2.45) is 0 Å². The zero-order valence-electron chi connectivity index (χ0n) is 13.2. The van der Waals surface area contributed by atoms with E-state index in [0.29, 0.717) is 0 Å². The van der Waals surface area contributed by atoms with Crippen molar-refractivity contribution in [3.63, 3.8) is 0 Å². The monoisotopic (exact) mass is 308 g/mol. The molecule has 124 valence electrons. The smallest absolute Gasteiger partial charge is 0.237 e. The highest BCUT2D eigenvalue weighted by Gasteiger charge is 2.32. The molecule has 0 aromatic carbocycles. The first kappa shape index (κ1) is 15.7. The van der Waals surface area contributed by atoms with Crippen molar-refractivity contribution in [2.75, 3.05) is 13.1 Å². The molecule has 2 amide bonds. The van der Waals surface area contributed by atoms with E-state index in [0.717, 1.165) is 64.5 Å². The van der Waals surface area contributed by atoms with E-state index in [2.05, 4.69) is 21.3 Å². The summed E-state index contributed by atoms with van der Waals surface area (Å²) in [6.45, 7) is 1.85. The van der Waals surface area contributed by atoms with Gasteiger partial charge in [0, 0.05) is 12.1 Å². The van der Waals surface area contributed by atoms with Gasteiger partial charge >= 0.3 is 0 Å². The maximum absolute atomic E-state index is 12.3. The number of carbonyl (C=O) groups excluding carboxylic acids is 2. The van der Waals surface area contributed by atoms with E-state index in [1.807, 2.05) is 0 Å². The Bertz CT molecular complexity index is 365. The van der Waals surface area contributed by atoms with E-state index in [9.17, 15) is 9.59 Å². The zero-order chi connectivity index (χ0) is 15.4. The van der Waals surface area contributed by atoms with Gasteiger partial charge in [-0.2, -0.15) is 0 Å². The molecular weight excluding hydrogens is 280 g/mol. The molecule has 3 aliphatic rings. The minimum Gasteiger partial charge on any atom is -0.350 e. The van der Waals surface area contributed by atoms with E-state index < -0.39 is 0 Å². The summed E-state index contributed by atoms with van der Waals surface area (Å²) in [6, 6.07) is 0.0626. The molecule has 0 aromatic heterocycles. The predicted octanol–water partition coefficient (Wildman–Crippen LogP) is 0.0340. The van der Waals surface area contributed by atoms with Gasteiger partial charge in [0.05, 0.1) is 12.1 Å². The van der Waals surface area contributed by atoms with Gasteiger partial charge < -0.3 is 21.3 Å². The van der Waals surface area contributed by atoms with Gasteiger partial charge in [0.15, 0.2) is 0 Å². The Hall–Kier alpha value is -1.14. The second-order valence-electron chi connectivity index (χ2n) is 6.81. The van der Waals surface area contributed by atoms with E-state index in [4.69, 9.17) is 0 Å². The Morgan fingerprint density at radius 1 is 0.682 bits per heavy atom. The molecule has 0 aromatic rings. The summed E-state index contributed by atoms with van der Waals surface area (Å²) in [6.07, 6.45) is 8.13. The number of rotatable bonds is 4. The van der Waals surface area contributed by atoms with Crippen molar-refractivity contribution in [3.05, 3.63) is 0 Å². The Labute approximate surface area is 132 Å². The largest absolute Gasteiger partial charge is 0.350 e. The van der Waals surface area contributed by atoms with E-state index >= 15 is 0 Å². The van der Waals surface area contributed by atoms with Crippen molar-refractivity contribution < 1.29 is 9.59 Å². The lowest BCUT2D eigenvalue weighted by atomic mass is 9.89. The van der Waals surface area contributed by atoms with Crippen molar-refractivity contribution in [3.8, 4) is 0 Å². The van der Waals surface area contributed by atoms with Gasteiger partial charge in [-0.1, -0.05) is 12.8 Å². The molecule has 1 aliphatic carbocycles. The molecule has 2 heterocycles. The molecule has 4 N–H and O–H groups in total. The average Bonchev–Trinajstić information content (AvgIpc) is 3.23. The fraction of sp³-hybridized carbons (Fsp3) is 0.875. The number of carbonyl (C=O) groups is 2. The Kier molecular flexibility index (Phi) is 5.31. The average molecular weight is 308 g/mol. The van der Waals surface area contributed by atoms with Gasteiger partial charge in [0.1, 0.15) is 0 Å². The summed E-state index contributed by atoms with van der Waals surface area (Å²) in [4.78, 5) is 24.6. The minimum atomic E-state index is -0.0465. The van der Waals surface area contributed by atoms with Crippen molar-refractivity contribution in [1.82, 2.24) is 21.3 Å². The molecule has 6 nitrogen and oxygen atoms in total. The summed E-state index contributed by atoms with van der Waals surface area (Å²) in [7, 11) is 0. The molecule has 0 spiro atoms. The van der Waals surface area contributed by atoms with Crippen LogP contribution in [0.4, 0.5) is 0 Å². The molecule has 2 saturated heterocycles. The van der Waals surface area contributed by atoms with Crippen LogP contribution in [0.2, 0.25) is 0 Å². The first-order valence-electron chi connectivity index (χ1n) is 8.81. The van der Waals surface area contributed by atoms with Gasteiger partial charge in [-0.15, -0.1) is 0 Å². The minimum absolute atomic E-state index is 0.0465. The maximum atomic E-state index is 12.3. The standard InChI is InChI=1S/C16H28N4O2/c21-15(13-7-3-9-17-13)19-11-5-1-2-6-12(11)20-16(22)14-8-4-10-18-14/h11-14,17-18H,1-10H2,(H,19,21)(H,20,22)/t11-,12-,13?,14?/m1/s1. The summed E-state index contributed by atoms with van der Waals surface area (Å²) < 4.78 is 0. The lowest BCUT2D eigenvalue weighted by Gasteiger charge is -2.34. The third kappa shape index (κ3) is 3.79. The molecule has 3 rings (SSSR count). The highest BCUT2D eigenvalue weighted by molar-refractivity contribution is 5.83. The molecule has 3 fully saturated rings. The normalized spacial score (nSPS) is 35.3. The third-order valence-corrected chi connectivity index (χ3v) is 5.17. The number of hydrogen-bond donors (Lipinski definition) is 4. The first-order chi connectivity index (χ1) is 10.7. The SMILES string of the molecule is O=C(N[C@@H]1CCCC[C@H]1NC(=O)C1CCCN1)C1CCCN1. The van der Waals surface area contributed by atoms with Gasteiger partial charge in [-0.05, 0) is 51.6 Å². The quantitative estimate of drug-likeness (QED) is 0.591. The van der Waals surface area contributed by atoms with Crippen molar-refractivity contribution in [1.29, 1.82) is 0 Å². The molecule has 0 radical (unpaired) electrons. The van der Waals surface area contributed by atoms with Crippen LogP contribution >= 0.6 is 0 Å². The fourth-order valence-corrected chi connectivity index (χ4v) is 3.86. The van der Waals surface area contributed by atoms with Crippen LogP contribution in [0.1, 0.15) is 51.4 Å². The van der Waals surface area contributed by atoms with Crippen LogP contribution in [0.25, 0.3) is 0 Å². The molecule has 2 aliphatic heterocycles. The van der Waals surface area contributed by atoms with Crippen LogP contribution in [0.3, 0.4) is 0 Å². The number of hydrogen-bond acceptors (Lipinski definition) is 4. The summed E-state index contributed by atoms with van der Waals surface area (Å²) in [5, 5.41) is 12.8. The third-order valence-electron chi connectivity index (χ3n) is 5.17. The van der Waals surface area contributed by atoms with Crippen LogP contribution in [0.15, 0.2) is 0 Å². The van der Waals surface area contributed by atoms with Crippen molar-refractivity contribution >= 4 is 11.8 Å². The highest BCUT2D eigenvalue weighted by Crippen LogP contribution is 2.20. The topological polar surface area (TPSA) is 82.3 Å². The second kappa shape index (κ2) is 7.42. The molecule has 2 unspecified atom stereocenters. The van der Waals surface area contributed by atoms with E-state index in [1.54, 1.807) is 0 Å². The lowest BCUT2D eigenvalue weighted by Crippen LogP contribution is -2.57. The Morgan fingerprint density at radius 2 is 1.14 bits per heavy atom. The summed E-state index contributed by atoms with van der Waals surface area (Å²) >= 11 is 0. The van der Waals surface area contributed by atoms with E-state index in [1.165, 1.54) is 0 Å². The van der Waals surface area contributed by atoms with Gasteiger partial charge in [0.25, 0.3) is 0 Å². The lowest BCUT2D eigenvalue weighted by molar-refractivity contribution is -0.126. The highest BCUT2D eigenvalue weighted by atomic mass is 16.2. The molecule has 22 heavy (non-hydrogen) atoms. The van der Waals surface area contributed by atoms with Crippen LogP contribution in [0.5, 0.6) is 0 Å². The Balaban J connectivity index is 1.53. The van der Waals surface area contributed by atoms with Gasteiger partial charge in [-0.25, -0.2) is 0 Å². The zero-order valence-corrected chi connectivity index (χ0v) is 13.2. The van der Waals surface area contributed by atoms with Crippen molar-refractivity contribution in [2.45, 2.75) is 75.5 Å². The molecule has 1 saturated carbocycles. The van der Waals surface area contributed by atoms with Crippen LogP contribution in [0, 0.1) is 0 Å². The molecular formula is C16H28N4O2. The van der Waals surface area contributed by atoms with Gasteiger partial charge in [0.2, 0.25) is 11.8 Å².